The molecule has 2 nitrogen and oxygen atoms in total. The molecule has 0 aliphatic carbocycles. The average molecular weight is 280 g/mol. The zero-order valence-electron chi connectivity index (χ0n) is 10.7. The Hall–Kier alpha value is -0.590. The van der Waals surface area contributed by atoms with E-state index in [2.05, 4.69) is 24.4 Å². The number of aryl methyl sites for hydroxylation is 1. The first-order valence-electron chi connectivity index (χ1n) is 5.88. The van der Waals surface area contributed by atoms with Crippen LogP contribution < -0.4 is 5.32 Å². The lowest BCUT2D eigenvalue weighted by atomic mass is 10.4. The quantitative estimate of drug-likeness (QED) is 0.772. The maximum absolute atomic E-state index is 12.0. The minimum absolute atomic E-state index is 0.0588. The van der Waals surface area contributed by atoms with Gasteiger partial charge in [-0.05, 0) is 26.1 Å². The molecular formula is C12H19F3N2S. The number of rotatable bonds is 7. The summed E-state index contributed by atoms with van der Waals surface area (Å²) in [6.07, 6.45) is -4.80. The minimum atomic E-state index is -4.06. The van der Waals surface area contributed by atoms with Crippen LogP contribution in [-0.2, 0) is 6.54 Å². The molecule has 104 valence electrons. The first-order valence-corrected chi connectivity index (χ1v) is 6.70. The van der Waals surface area contributed by atoms with Crippen LogP contribution in [0.3, 0.4) is 0 Å². The van der Waals surface area contributed by atoms with E-state index in [0.29, 0.717) is 13.1 Å². The van der Waals surface area contributed by atoms with Crippen molar-refractivity contribution in [2.75, 3.05) is 26.7 Å². The molecule has 18 heavy (non-hydrogen) atoms. The van der Waals surface area contributed by atoms with Gasteiger partial charge in [0.25, 0.3) is 0 Å². The SMILES string of the molecule is Cc1ccc(CNCCN(C)CCC(F)(F)F)s1. The highest BCUT2D eigenvalue weighted by Gasteiger charge is 2.26. The Labute approximate surface area is 110 Å². The summed E-state index contributed by atoms with van der Waals surface area (Å²) in [5.41, 5.74) is 0. The Bertz CT molecular complexity index is 349. The smallest absolute Gasteiger partial charge is 0.311 e. The topological polar surface area (TPSA) is 15.3 Å². The third kappa shape index (κ3) is 6.98. The molecule has 6 heteroatoms. The largest absolute Gasteiger partial charge is 0.390 e. The molecule has 1 heterocycles. The predicted molar refractivity (Wildman–Crippen MR) is 68.9 cm³/mol. The summed E-state index contributed by atoms with van der Waals surface area (Å²) in [6.45, 7) is 4.22. The van der Waals surface area contributed by atoms with E-state index in [4.69, 9.17) is 0 Å². The van der Waals surface area contributed by atoms with Gasteiger partial charge in [0.15, 0.2) is 0 Å². The van der Waals surface area contributed by atoms with Crippen LogP contribution in [0.4, 0.5) is 13.2 Å². The van der Waals surface area contributed by atoms with Crippen molar-refractivity contribution in [1.82, 2.24) is 10.2 Å². The summed E-state index contributed by atoms with van der Waals surface area (Å²) < 4.78 is 36.0. The summed E-state index contributed by atoms with van der Waals surface area (Å²) in [5, 5.41) is 3.23. The summed E-state index contributed by atoms with van der Waals surface area (Å²) in [6, 6.07) is 4.14. The van der Waals surface area contributed by atoms with Gasteiger partial charge in [0.2, 0.25) is 0 Å². The predicted octanol–water partition coefficient (Wildman–Crippen LogP) is 3.03. The Morgan fingerprint density at radius 2 is 2.00 bits per heavy atom. The van der Waals surface area contributed by atoms with Gasteiger partial charge in [-0.2, -0.15) is 13.2 Å². The normalized spacial score (nSPS) is 12.3. The first-order chi connectivity index (χ1) is 8.37. The molecule has 0 atom stereocenters. The summed E-state index contributed by atoms with van der Waals surface area (Å²) in [5.74, 6) is 0. The Kier molecular flexibility index (Phi) is 6.11. The van der Waals surface area contributed by atoms with Crippen LogP contribution in [-0.4, -0.2) is 37.8 Å². The van der Waals surface area contributed by atoms with E-state index in [0.717, 1.165) is 6.54 Å². The summed E-state index contributed by atoms with van der Waals surface area (Å²) in [7, 11) is 1.71. The molecule has 0 unspecified atom stereocenters. The molecule has 1 aromatic heterocycles. The number of hydrogen-bond donors (Lipinski definition) is 1. The Morgan fingerprint density at radius 1 is 1.28 bits per heavy atom. The number of nitrogens with one attached hydrogen (secondary N) is 1. The van der Waals surface area contributed by atoms with Crippen molar-refractivity contribution in [3.63, 3.8) is 0 Å². The lowest BCUT2D eigenvalue weighted by molar-refractivity contribution is -0.137. The van der Waals surface area contributed by atoms with E-state index < -0.39 is 12.6 Å². The van der Waals surface area contributed by atoms with Crippen LogP contribution in [0.25, 0.3) is 0 Å². The van der Waals surface area contributed by atoms with Crippen molar-refractivity contribution < 1.29 is 13.2 Å². The van der Waals surface area contributed by atoms with Gasteiger partial charge in [0.1, 0.15) is 0 Å². The fourth-order valence-corrected chi connectivity index (χ4v) is 2.35. The average Bonchev–Trinajstić information content (AvgIpc) is 2.67. The molecule has 0 aliphatic heterocycles. The molecule has 0 radical (unpaired) electrons. The third-order valence-corrected chi connectivity index (χ3v) is 3.54. The van der Waals surface area contributed by atoms with E-state index in [1.165, 1.54) is 9.75 Å². The van der Waals surface area contributed by atoms with E-state index in [-0.39, 0.29) is 6.54 Å². The molecule has 0 spiro atoms. The Balaban J connectivity index is 2.07. The van der Waals surface area contributed by atoms with Crippen LogP contribution >= 0.6 is 11.3 Å². The van der Waals surface area contributed by atoms with Crippen LogP contribution in [0.2, 0.25) is 0 Å². The number of halogens is 3. The van der Waals surface area contributed by atoms with Gasteiger partial charge < -0.3 is 10.2 Å². The second-order valence-corrected chi connectivity index (χ2v) is 5.73. The number of likely N-dealkylation sites (N-methyl/N-ethyl adjacent to an activating group) is 1. The fraction of sp³-hybridized carbons (Fsp3) is 0.667. The van der Waals surface area contributed by atoms with Gasteiger partial charge in [-0.1, -0.05) is 0 Å². The first kappa shape index (κ1) is 15.5. The van der Waals surface area contributed by atoms with Crippen molar-refractivity contribution >= 4 is 11.3 Å². The van der Waals surface area contributed by atoms with Crippen molar-refractivity contribution in [1.29, 1.82) is 0 Å². The molecule has 1 aromatic rings. The van der Waals surface area contributed by atoms with Crippen LogP contribution in [0, 0.1) is 6.92 Å². The number of alkyl halides is 3. The Morgan fingerprint density at radius 3 is 2.56 bits per heavy atom. The maximum Gasteiger partial charge on any atom is 0.390 e. The van der Waals surface area contributed by atoms with Crippen LogP contribution in [0.15, 0.2) is 12.1 Å². The van der Waals surface area contributed by atoms with Crippen molar-refractivity contribution in [2.45, 2.75) is 26.1 Å². The monoisotopic (exact) mass is 280 g/mol. The van der Waals surface area contributed by atoms with E-state index in [9.17, 15) is 13.2 Å². The minimum Gasteiger partial charge on any atom is -0.311 e. The van der Waals surface area contributed by atoms with Crippen LogP contribution in [0.5, 0.6) is 0 Å². The van der Waals surface area contributed by atoms with Gasteiger partial charge >= 0.3 is 6.18 Å². The molecule has 0 aromatic carbocycles. The molecule has 1 rings (SSSR count). The summed E-state index contributed by atoms with van der Waals surface area (Å²) in [4.78, 5) is 4.22. The van der Waals surface area contributed by atoms with Gasteiger partial charge in [-0.15, -0.1) is 11.3 Å². The van der Waals surface area contributed by atoms with Crippen LogP contribution in [0.1, 0.15) is 16.2 Å². The third-order valence-electron chi connectivity index (χ3n) is 2.54. The highest BCUT2D eigenvalue weighted by Crippen LogP contribution is 2.19. The van der Waals surface area contributed by atoms with Gasteiger partial charge in [-0.25, -0.2) is 0 Å². The number of thiophene rings is 1. The molecule has 1 N–H and O–H groups in total. The zero-order valence-corrected chi connectivity index (χ0v) is 11.5. The molecule has 0 aliphatic rings. The van der Waals surface area contributed by atoms with Gasteiger partial charge in [-0.3, -0.25) is 0 Å². The molecule has 0 fully saturated rings. The molecule has 0 bridgehead atoms. The maximum atomic E-state index is 12.0. The lowest BCUT2D eigenvalue weighted by Crippen LogP contribution is -2.31. The number of hydrogen-bond acceptors (Lipinski definition) is 3. The van der Waals surface area contributed by atoms with E-state index in [1.807, 2.05) is 0 Å². The standard InChI is InChI=1S/C12H19F3N2S/c1-10-3-4-11(18-10)9-16-6-8-17(2)7-5-12(13,14)15/h3-4,16H,5-9H2,1-2H3. The molecule has 0 saturated carbocycles. The lowest BCUT2D eigenvalue weighted by Gasteiger charge is -2.17. The van der Waals surface area contributed by atoms with Gasteiger partial charge in [0.05, 0.1) is 6.42 Å². The fourth-order valence-electron chi connectivity index (χ4n) is 1.49. The number of nitrogens with zero attached hydrogens (tertiary/aromatic N) is 1. The highest BCUT2D eigenvalue weighted by molar-refractivity contribution is 7.11. The van der Waals surface area contributed by atoms with E-state index in [1.54, 1.807) is 23.3 Å². The summed E-state index contributed by atoms with van der Waals surface area (Å²) >= 11 is 1.74. The van der Waals surface area contributed by atoms with Gasteiger partial charge in [0, 0.05) is 35.9 Å². The molecular weight excluding hydrogens is 261 g/mol. The van der Waals surface area contributed by atoms with Crippen molar-refractivity contribution in [3.05, 3.63) is 21.9 Å². The molecule has 0 amide bonds. The van der Waals surface area contributed by atoms with E-state index >= 15 is 0 Å². The second-order valence-electron chi connectivity index (χ2n) is 4.36. The zero-order chi connectivity index (χ0) is 13.6. The van der Waals surface area contributed by atoms with Crippen molar-refractivity contribution in [3.8, 4) is 0 Å². The van der Waals surface area contributed by atoms with Crippen molar-refractivity contribution in [2.24, 2.45) is 0 Å². The molecule has 0 saturated heterocycles. The highest BCUT2D eigenvalue weighted by atomic mass is 32.1. The second kappa shape index (κ2) is 7.11.